The molecule has 1 rings (SSSR count). The van der Waals surface area contributed by atoms with E-state index in [1.165, 1.54) is 0 Å². The lowest BCUT2D eigenvalue weighted by atomic mass is 10.2. The first-order valence-corrected chi connectivity index (χ1v) is 7.18. The van der Waals surface area contributed by atoms with E-state index in [9.17, 15) is 4.79 Å². The van der Waals surface area contributed by atoms with Gasteiger partial charge in [0.2, 0.25) is 0 Å². The Bertz CT molecular complexity index is 497. The van der Waals surface area contributed by atoms with E-state index in [2.05, 4.69) is 10.6 Å². The number of anilines is 2. The summed E-state index contributed by atoms with van der Waals surface area (Å²) < 4.78 is 15.6. The van der Waals surface area contributed by atoms with Crippen LogP contribution in [0, 0.1) is 0 Å². The van der Waals surface area contributed by atoms with Gasteiger partial charge >= 0.3 is 6.09 Å². The zero-order valence-corrected chi connectivity index (χ0v) is 14.1. The van der Waals surface area contributed by atoms with E-state index in [0.717, 1.165) is 5.69 Å². The Morgan fingerprint density at radius 2 is 1.95 bits per heavy atom. The molecular weight excluding hydrogens is 284 g/mol. The van der Waals surface area contributed by atoms with Crippen molar-refractivity contribution in [2.75, 3.05) is 31.5 Å². The molecule has 0 bridgehead atoms. The Morgan fingerprint density at radius 1 is 1.27 bits per heavy atom. The number of benzene rings is 1. The molecular formula is C16H26N2O4. The average molecular weight is 310 g/mol. The molecule has 22 heavy (non-hydrogen) atoms. The maximum absolute atomic E-state index is 11.9. The van der Waals surface area contributed by atoms with Crippen molar-refractivity contribution in [1.29, 1.82) is 0 Å². The summed E-state index contributed by atoms with van der Waals surface area (Å²) in [4.78, 5) is 11.9. The topological polar surface area (TPSA) is 68.8 Å². The fourth-order valence-electron chi connectivity index (χ4n) is 1.89. The first kappa shape index (κ1) is 18.1. The zero-order chi connectivity index (χ0) is 16.8. The van der Waals surface area contributed by atoms with Crippen LogP contribution in [0.5, 0.6) is 5.75 Å². The number of hydrogen-bond acceptors (Lipinski definition) is 5. The van der Waals surface area contributed by atoms with Crippen LogP contribution in [0.3, 0.4) is 0 Å². The highest BCUT2D eigenvalue weighted by Gasteiger charge is 2.17. The Labute approximate surface area is 132 Å². The minimum Gasteiger partial charge on any atom is -0.495 e. The van der Waals surface area contributed by atoms with E-state index in [-0.39, 0.29) is 6.04 Å². The van der Waals surface area contributed by atoms with Crippen LogP contribution in [0.25, 0.3) is 0 Å². The van der Waals surface area contributed by atoms with Gasteiger partial charge in [0.1, 0.15) is 11.4 Å². The van der Waals surface area contributed by atoms with Gasteiger partial charge in [0, 0.05) is 18.8 Å². The molecule has 6 nitrogen and oxygen atoms in total. The summed E-state index contributed by atoms with van der Waals surface area (Å²) in [5.41, 5.74) is 0.850. The van der Waals surface area contributed by atoms with Gasteiger partial charge in [0.25, 0.3) is 0 Å². The van der Waals surface area contributed by atoms with Crippen molar-refractivity contribution in [3.05, 3.63) is 18.2 Å². The third-order valence-corrected chi connectivity index (χ3v) is 2.66. The fraction of sp³-hybridized carbons (Fsp3) is 0.562. The predicted octanol–water partition coefficient (Wildman–Crippen LogP) is 3.49. The van der Waals surface area contributed by atoms with Crippen LogP contribution in [-0.4, -0.2) is 38.6 Å². The summed E-state index contributed by atoms with van der Waals surface area (Å²) in [7, 11) is 3.21. The zero-order valence-electron chi connectivity index (χ0n) is 14.1. The highest BCUT2D eigenvalue weighted by atomic mass is 16.6. The van der Waals surface area contributed by atoms with Gasteiger partial charge in [-0.25, -0.2) is 4.79 Å². The Kier molecular flexibility index (Phi) is 6.49. The third kappa shape index (κ3) is 6.22. The van der Waals surface area contributed by atoms with Gasteiger partial charge in [-0.1, -0.05) is 0 Å². The monoisotopic (exact) mass is 310 g/mol. The fourth-order valence-corrected chi connectivity index (χ4v) is 1.89. The van der Waals surface area contributed by atoms with Gasteiger partial charge in [-0.15, -0.1) is 0 Å². The molecule has 1 aromatic carbocycles. The molecule has 0 aliphatic rings. The van der Waals surface area contributed by atoms with Gasteiger partial charge < -0.3 is 19.5 Å². The molecule has 0 heterocycles. The highest BCUT2D eigenvalue weighted by Crippen LogP contribution is 2.28. The maximum Gasteiger partial charge on any atom is 0.412 e. The third-order valence-electron chi connectivity index (χ3n) is 2.66. The minimum atomic E-state index is -0.555. The Hall–Kier alpha value is -1.95. The van der Waals surface area contributed by atoms with Crippen LogP contribution >= 0.6 is 0 Å². The Morgan fingerprint density at radius 3 is 2.50 bits per heavy atom. The van der Waals surface area contributed by atoms with E-state index >= 15 is 0 Å². The van der Waals surface area contributed by atoms with Gasteiger partial charge in [0.15, 0.2) is 0 Å². The van der Waals surface area contributed by atoms with Crippen molar-refractivity contribution >= 4 is 17.5 Å². The second-order valence-corrected chi connectivity index (χ2v) is 6.04. The van der Waals surface area contributed by atoms with E-state index in [4.69, 9.17) is 14.2 Å². The standard InChI is InChI=1S/C16H26N2O4/c1-11(10-20-5)17-12-7-8-14(21-6)13(9-12)18-15(19)22-16(2,3)4/h7-9,11,17H,10H2,1-6H3,(H,18,19). The molecule has 1 amide bonds. The number of carbonyl (C=O) groups excluding carboxylic acids is 1. The van der Waals surface area contributed by atoms with Crippen LogP contribution in [0.15, 0.2) is 18.2 Å². The molecule has 1 unspecified atom stereocenters. The van der Waals surface area contributed by atoms with E-state index < -0.39 is 11.7 Å². The number of ether oxygens (including phenoxy) is 3. The first-order valence-electron chi connectivity index (χ1n) is 7.18. The van der Waals surface area contributed by atoms with Crippen molar-refractivity contribution in [2.45, 2.75) is 39.3 Å². The molecule has 6 heteroatoms. The van der Waals surface area contributed by atoms with Crippen LogP contribution in [0.2, 0.25) is 0 Å². The largest absolute Gasteiger partial charge is 0.495 e. The first-order chi connectivity index (χ1) is 10.2. The predicted molar refractivity (Wildman–Crippen MR) is 87.8 cm³/mol. The molecule has 0 fully saturated rings. The van der Waals surface area contributed by atoms with Gasteiger partial charge in [0.05, 0.1) is 19.4 Å². The minimum absolute atomic E-state index is 0.146. The molecule has 2 N–H and O–H groups in total. The molecule has 0 aromatic heterocycles. The maximum atomic E-state index is 11.9. The number of carbonyl (C=O) groups is 1. The van der Waals surface area contributed by atoms with Crippen molar-refractivity contribution in [3.8, 4) is 5.75 Å². The number of amides is 1. The molecule has 0 radical (unpaired) electrons. The van der Waals surface area contributed by atoms with Crippen LogP contribution < -0.4 is 15.4 Å². The smallest absolute Gasteiger partial charge is 0.412 e. The summed E-state index contributed by atoms with van der Waals surface area (Å²) in [5.74, 6) is 0.566. The van der Waals surface area contributed by atoms with Gasteiger partial charge in [-0.3, -0.25) is 5.32 Å². The molecule has 124 valence electrons. The SMILES string of the molecule is COCC(C)Nc1ccc(OC)c(NC(=O)OC(C)(C)C)c1. The van der Waals surface area contributed by atoms with Crippen LogP contribution in [-0.2, 0) is 9.47 Å². The van der Waals surface area contributed by atoms with Crippen LogP contribution in [0.1, 0.15) is 27.7 Å². The summed E-state index contributed by atoms with van der Waals surface area (Å²) in [6.07, 6.45) is -0.520. The lowest BCUT2D eigenvalue weighted by molar-refractivity contribution is 0.0635. The van der Waals surface area contributed by atoms with Crippen molar-refractivity contribution in [1.82, 2.24) is 0 Å². The molecule has 0 aliphatic carbocycles. The van der Waals surface area contributed by atoms with E-state index in [1.54, 1.807) is 26.4 Å². The second-order valence-electron chi connectivity index (χ2n) is 6.04. The molecule has 0 spiro atoms. The highest BCUT2D eigenvalue weighted by molar-refractivity contribution is 5.88. The second kappa shape index (κ2) is 7.89. The number of hydrogen-bond donors (Lipinski definition) is 2. The summed E-state index contributed by atoms with van der Waals surface area (Å²) in [6.45, 7) is 8.03. The summed E-state index contributed by atoms with van der Waals surface area (Å²) >= 11 is 0. The molecule has 0 saturated carbocycles. The quantitative estimate of drug-likeness (QED) is 0.842. The van der Waals surface area contributed by atoms with Gasteiger partial charge in [-0.2, -0.15) is 0 Å². The molecule has 0 aliphatic heterocycles. The Balaban J connectivity index is 2.85. The lowest BCUT2D eigenvalue weighted by Crippen LogP contribution is -2.27. The van der Waals surface area contributed by atoms with Crippen LogP contribution in [0.4, 0.5) is 16.2 Å². The van der Waals surface area contributed by atoms with Gasteiger partial charge in [-0.05, 0) is 45.9 Å². The molecule has 1 atom stereocenters. The molecule has 1 aromatic rings. The summed E-state index contributed by atoms with van der Waals surface area (Å²) in [5, 5.41) is 5.99. The van der Waals surface area contributed by atoms with E-state index in [1.807, 2.05) is 33.8 Å². The normalized spacial score (nSPS) is 12.5. The number of nitrogens with one attached hydrogen (secondary N) is 2. The average Bonchev–Trinajstić information content (AvgIpc) is 2.37. The lowest BCUT2D eigenvalue weighted by Gasteiger charge is -2.21. The molecule has 0 saturated heterocycles. The number of methoxy groups -OCH3 is 2. The summed E-state index contributed by atoms with van der Waals surface area (Å²) in [6, 6.07) is 5.61. The van der Waals surface area contributed by atoms with Crippen molar-refractivity contribution in [3.63, 3.8) is 0 Å². The van der Waals surface area contributed by atoms with E-state index in [0.29, 0.717) is 18.0 Å². The number of rotatable bonds is 6. The van der Waals surface area contributed by atoms with Crippen molar-refractivity contribution in [2.24, 2.45) is 0 Å². The van der Waals surface area contributed by atoms with Crippen molar-refractivity contribution < 1.29 is 19.0 Å².